The quantitative estimate of drug-likeness (QED) is 0.113. The first-order valence-corrected chi connectivity index (χ1v) is 18.4. The van der Waals surface area contributed by atoms with Gasteiger partial charge in [-0.2, -0.15) is 0 Å². The van der Waals surface area contributed by atoms with Gasteiger partial charge < -0.3 is 15.7 Å². The Labute approximate surface area is 316 Å². The van der Waals surface area contributed by atoms with E-state index in [0.717, 1.165) is 28.3 Å². The molecule has 0 spiro atoms. The lowest BCUT2D eigenvalue weighted by atomic mass is 9.57. The number of amides is 4. The number of imide groups is 2. The van der Waals surface area contributed by atoms with Crippen LogP contribution in [-0.2, 0) is 19.2 Å². The van der Waals surface area contributed by atoms with Gasteiger partial charge in [-0.3, -0.25) is 29.0 Å². The Kier molecular flexibility index (Phi) is 8.31. The van der Waals surface area contributed by atoms with E-state index in [9.17, 15) is 24.3 Å². The van der Waals surface area contributed by atoms with Crippen LogP contribution in [0.3, 0.4) is 0 Å². The van der Waals surface area contributed by atoms with Gasteiger partial charge in [-0.25, -0.2) is 0 Å². The molecule has 0 aromatic heterocycles. The summed E-state index contributed by atoms with van der Waals surface area (Å²) < 4.78 is 0. The van der Waals surface area contributed by atoms with E-state index in [0.29, 0.717) is 28.4 Å². The first-order valence-electron chi connectivity index (χ1n) is 18.0. The highest BCUT2D eigenvalue weighted by molar-refractivity contribution is 6.30. The second-order valence-electron chi connectivity index (χ2n) is 14.3. The number of benzene rings is 5. The molecule has 54 heavy (non-hydrogen) atoms. The summed E-state index contributed by atoms with van der Waals surface area (Å²) in [7, 11) is 0. The Morgan fingerprint density at radius 2 is 1.06 bits per heavy atom. The van der Waals surface area contributed by atoms with Gasteiger partial charge in [0.1, 0.15) is 5.75 Å². The monoisotopic (exact) mass is 734 g/mol. The number of nitrogens with zero attached hydrogens (tertiary/aromatic N) is 2. The number of nitrogens with one attached hydrogen (secondary N) is 2. The molecule has 1 saturated carbocycles. The summed E-state index contributed by atoms with van der Waals surface area (Å²) in [4.78, 5) is 60.0. The van der Waals surface area contributed by atoms with Gasteiger partial charge in [0.05, 0.1) is 35.0 Å². The van der Waals surface area contributed by atoms with Crippen LogP contribution in [0.1, 0.15) is 24.3 Å². The van der Waals surface area contributed by atoms with E-state index in [1.165, 1.54) is 15.9 Å². The van der Waals surface area contributed by atoms with Crippen molar-refractivity contribution in [3.63, 3.8) is 0 Å². The number of rotatable bonds is 7. The fourth-order valence-corrected chi connectivity index (χ4v) is 9.16. The van der Waals surface area contributed by atoms with Crippen LogP contribution >= 0.6 is 11.6 Å². The number of phenolic OH excluding ortho intramolecular Hbond substituents is 1. The third-order valence-corrected chi connectivity index (χ3v) is 11.6. The molecule has 3 fully saturated rings. The van der Waals surface area contributed by atoms with E-state index in [1.54, 1.807) is 36.4 Å². The van der Waals surface area contributed by atoms with Crippen LogP contribution in [0.15, 0.2) is 139 Å². The third kappa shape index (κ3) is 5.63. The summed E-state index contributed by atoms with van der Waals surface area (Å²) in [6.45, 7) is 0. The van der Waals surface area contributed by atoms with Crippen molar-refractivity contribution in [2.75, 3.05) is 20.4 Å². The zero-order valence-corrected chi connectivity index (χ0v) is 29.7. The highest BCUT2D eigenvalue weighted by atomic mass is 35.5. The van der Waals surface area contributed by atoms with Crippen LogP contribution in [0.25, 0.3) is 0 Å². The molecule has 6 unspecified atom stereocenters. The minimum atomic E-state index is -0.837. The molecule has 10 heteroatoms. The van der Waals surface area contributed by atoms with Crippen molar-refractivity contribution in [1.29, 1.82) is 0 Å². The molecule has 2 saturated heterocycles. The summed E-state index contributed by atoms with van der Waals surface area (Å²) in [5.74, 6) is -5.62. The largest absolute Gasteiger partial charge is 0.508 e. The molecule has 268 valence electrons. The van der Waals surface area contributed by atoms with Gasteiger partial charge in [0.15, 0.2) is 0 Å². The first kappa shape index (κ1) is 33.6. The molecule has 6 atom stereocenters. The van der Waals surface area contributed by atoms with Gasteiger partial charge in [-0.15, -0.1) is 0 Å². The van der Waals surface area contributed by atoms with Crippen LogP contribution in [0.4, 0.5) is 34.1 Å². The minimum Gasteiger partial charge on any atom is -0.508 e. The maximum absolute atomic E-state index is 14.5. The summed E-state index contributed by atoms with van der Waals surface area (Å²) in [5.41, 5.74) is 5.53. The molecule has 4 aliphatic rings. The summed E-state index contributed by atoms with van der Waals surface area (Å²) >= 11 is 6.48. The highest BCUT2D eigenvalue weighted by Gasteiger charge is 2.62. The molecule has 3 N–H and O–H groups in total. The number of hydrogen-bond donors (Lipinski definition) is 3. The molecule has 0 radical (unpaired) electrons. The topological polar surface area (TPSA) is 119 Å². The third-order valence-electron chi connectivity index (χ3n) is 11.3. The Bertz CT molecular complexity index is 2330. The number of fused-ring (bicyclic) bond motifs is 4. The number of hydrogen-bond acceptors (Lipinski definition) is 7. The maximum atomic E-state index is 14.5. The lowest BCUT2D eigenvalue weighted by Gasteiger charge is -2.44. The second-order valence-corrected chi connectivity index (χ2v) is 14.8. The fraction of sp³-hybridized carbons (Fsp3) is 0.182. The standard InChI is InChI=1S/C44H35ClN4O5/c45-25-11-22-37(50)35(23-25)38-32-20-21-33-39(43(53)48(41(33)51)30-16-12-28(13-17-30)46-26-7-3-1-4-8-26)34(32)24-36-40(38)44(54)49(42(36)52)31-18-14-29(15-19-31)47-27-9-5-2-6-10-27/h1-20,22-23,33-34,36,38-40,46-47,50H,21,24H2. The first-order chi connectivity index (χ1) is 26.3. The molecule has 9 rings (SSSR count). The van der Waals surface area contributed by atoms with Gasteiger partial charge in [-0.05, 0) is 110 Å². The molecular formula is C44H35ClN4O5. The van der Waals surface area contributed by atoms with E-state index in [1.807, 2.05) is 91.0 Å². The number of carbonyl (C=O) groups is 4. The minimum absolute atomic E-state index is 0.0542. The number of aromatic hydroxyl groups is 1. The van der Waals surface area contributed by atoms with Crippen molar-refractivity contribution in [3.8, 4) is 5.75 Å². The maximum Gasteiger partial charge on any atom is 0.238 e. The Morgan fingerprint density at radius 1 is 0.556 bits per heavy atom. The molecule has 0 bridgehead atoms. The fourth-order valence-electron chi connectivity index (χ4n) is 8.98. The average Bonchev–Trinajstić information content (AvgIpc) is 3.60. The summed E-state index contributed by atoms with van der Waals surface area (Å²) in [6.07, 6.45) is 2.47. The average molecular weight is 735 g/mol. The summed E-state index contributed by atoms with van der Waals surface area (Å²) in [5, 5.41) is 18.3. The van der Waals surface area contributed by atoms with Crippen molar-refractivity contribution < 1.29 is 24.3 Å². The van der Waals surface area contributed by atoms with Crippen LogP contribution < -0.4 is 20.4 Å². The number of anilines is 6. The number of allylic oxidation sites excluding steroid dienone is 2. The molecule has 2 heterocycles. The molecule has 4 amide bonds. The van der Waals surface area contributed by atoms with Gasteiger partial charge in [-0.1, -0.05) is 59.6 Å². The summed E-state index contributed by atoms with van der Waals surface area (Å²) in [6, 6.07) is 38.4. The smallest absolute Gasteiger partial charge is 0.238 e. The normalized spacial score (nSPS) is 24.5. The number of carbonyl (C=O) groups excluding carboxylic acids is 4. The highest BCUT2D eigenvalue weighted by Crippen LogP contribution is 2.59. The lowest BCUT2D eigenvalue weighted by Crippen LogP contribution is -2.43. The number of halogens is 1. The zero-order valence-electron chi connectivity index (χ0n) is 28.9. The van der Waals surface area contributed by atoms with Gasteiger partial charge in [0, 0.05) is 39.3 Å². The Hall–Kier alpha value is -6.19. The van der Waals surface area contributed by atoms with Crippen molar-refractivity contribution >= 4 is 69.4 Å². The van der Waals surface area contributed by atoms with E-state index in [2.05, 4.69) is 10.6 Å². The molecular weight excluding hydrogens is 700 g/mol. The van der Waals surface area contributed by atoms with E-state index in [4.69, 9.17) is 11.6 Å². The number of para-hydroxylation sites is 2. The lowest BCUT2D eigenvalue weighted by molar-refractivity contribution is -0.126. The predicted molar refractivity (Wildman–Crippen MR) is 208 cm³/mol. The van der Waals surface area contributed by atoms with Gasteiger partial charge >= 0.3 is 0 Å². The molecule has 5 aromatic rings. The SMILES string of the molecule is O=C1C2CC=C3C(CC4C(=O)N(c5ccc(Nc6ccccc6)cc5)C(=O)C4C3c3cc(Cl)ccc3O)C2C(=O)N1c1ccc(Nc2ccccc2)cc1. The van der Waals surface area contributed by atoms with E-state index in [-0.39, 0.29) is 35.8 Å². The molecule has 2 aliphatic heterocycles. The van der Waals surface area contributed by atoms with Crippen LogP contribution in [0.2, 0.25) is 5.02 Å². The van der Waals surface area contributed by atoms with Gasteiger partial charge in [0.25, 0.3) is 0 Å². The van der Waals surface area contributed by atoms with E-state index >= 15 is 0 Å². The second kappa shape index (κ2) is 13.3. The van der Waals surface area contributed by atoms with Crippen molar-refractivity contribution in [1.82, 2.24) is 0 Å². The Balaban J connectivity index is 1.04. The van der Waals surface area contributed by atoms with Crippen LogP contribution in [0, 0.1) is 29.6 Å². The predicted octanol–water partition coefficient (Wildman–Crippen LogP) is 8.58. The van der Waals surface area contributed by atoms with Crippen molar-refractivity contribution in [2.24, 2.45) is 29.6 Å². The Morgan fingerprint density at radius 3 is 1.61 bits per heavy atom. The van der Waals surface area contributed by atoms with E-state index < -0.39 is 35.5 Å². The molecule has 2 aliphatic carbocycles. The van der Waals surface area contributed by atoms with Crippen molar-refractivity contribution in [2.45, 2.75) is 18.8 Å². The molecule has 5 aromatic carbocycles. The number of phenols is 1. The van der Waals surface area contributed by atoms with Crippen LogP contribution in [0.5, 0.6) is 5.75 Å². The zero-order chi connectivity index (χ0) is 37.1. The van der Waals surface area contributed by atoms with Gasteiger partial charge in [0.2, 0.25) is 23.6 Å². The van der Waals surface area contributed by atoms with Crippen LogP contribution in [-0.4, -0.2) is 28.7 Å². The molecule has 9 nitrogen and oxygen atoms in total. The van der Waals surface area contributed by atoms with Crippen molar-refractivity contribution in [3.05, 3.63) is 150 Å².